The van der Waals surface area contributed by atoms with E-state index in [4.69, 9.17) is 10.2 Å². The van der Waals surface area contributed by atoms with Crippen molar-refractivity contribution in [3.63, 3.8) is 0 Å². The molecule has 0 spiro atoms. The van der Waals surface area contributed by atoms with Crippen molar-refractivity contribution in [2.75, 3.05) is 20.1 Å². The lowest BCUT2D eigenvalue weighted by Crippen LogP contribution is -2.23. The highest BCUT2D eigenvalue weighted by molar-refractivity contribution is 5.89. The monoisotopic (exact) mass is 303 g/mol. The number of rotatable bonds is 3. The number of hydrogen-bond donors (Lipinski definition) is 2. The van der Waals surface area contributed by atoms with Gasteiger partial charge in [0, 0.05) is 25.2 Å². The van der Waals surface area contributed by atoms with E-state index in [1.165, 1.54) is 29.7 Å². The molecule has 0 aliphatic carbocycles. The van der Waals surface area contributed by atoms with Crippen molar-refractivity contribution in [3.8, 4) is 0 Å². The minimum atomic E-state index is -1.26. The predicted molar refractivity (Wildman–Crippen MR) is 85.7 cm³/mol. The number of aliphatic carboxylic acids is 2. The molecular weight excluding hydrogens is 282 g/mol. The summed E-state index contributed by atoms with van der Waals surface area (Å²) in [5.41, 5.74) is 4.23. The van der Waals surface area contributed by atoms with Crippen LogP contribution >= 0.6 is 0 Å². The zero-order chi connectivity index (χ0) is 16.5. The van der Waals surface area contributed by atoms with Crippen LogP contribution in [0.5, 0.6) is 0 Å². The average molecular weight is 303 g/mol. The molecule has 0 radical (unpaired) electrons. The Hall–Kier alpha value is -2.40. The summed E-state index contributed by atoms with van der Waals surface area (Å²) in [7, 11) is 2.17. The third-order valence-electron chi connectivity index (χ3n) is 3.20. The second-order valence-corrected chi connectivity index (χ2v) is 5.12. The highest BCUT2D eigenvalue weighted by atomic mass is 16.4. The van der Waals surface area contributed by atoms with E-state index < -0.39 is 11.9 Å². The summed E-state index contributed by atoms with van der Waals surface area (Å²) in [5.74, 6) is -2.51. The van der Waals surface area contributed by atoms with Gasteiger partial charge >= 0.3 is 11.9 Å². The molecule has 0 amide bonds. The van der Waals surface area contributed by atoms with Gasteiger partial charge in [0.1, 0.15) is 0 Å². The van der Waals surface area contributed by atoms with Crippen molar-refractivity contribution < 1.29 is 19.8 Å². The molecule has 2 N–H and O–H groups in total. The zero-order valence-corrected chi connectivity index (χ0v) is 12.8. The topological polar surface area (TPSA) is 77.8 Å². The first kappa shape index (κ1) is 17.7. The molecule has 0 saturated heterocycles. The summed E-state index contributed by atoms with van der Waals surface area (Å²) in [5, 5.41) is 15.6. The number of aryl methyl sites for hydroxylation is 1. The first-order valence-corrected chi connectivity index (χ1v) is 6.97. The van der Waals surface area contributed by atoms with Gasteiger partial charge in [-0.15, -0.1) is 0 Å². The van der Waals surface area contributed by atoms with Crippen LogP contribution in [-0.4, -0.2) is 47.2 Å². The molecule has 2 rings (SSSR count). The standard InChI is InChI=1S/C13H17N.C4H4O4/c1-11-3-5-12(6-4-11)13-7-9-14(2)10-8-13;5-3(6)1-2-4(7)8/h3-7H,8-10H2,1-2H3;1-2H,(H,5,6)(H,7,8). The lowest BCUT2D eigenvalue weighted by atomic mass is 9.99. The van der Waals surface area contributed by atoms with Gasteiger partial charge in [-0.05, 0) is 31.5 Å². The van der Waals surface area contributed by atoms with E-state index >= 15 is 0 Å². The molecule has 0 aromatic heterocycles. The van der Waals surface area contributed by atoms with E-state index in [1.807, 2.05) is 0 Å². The van der Waals surface area contributed by atoms with E-state index in [0.717, 1.165) is 6.54 Å². The van der Waals surface area contributed by atoms with Crippen LogP contribution in [0.2, 0.25) is 0 Å². The maximum Gasteiger partial charge on any atom is 0.328 e. The Labute approximate surface area is 130 Å². The smallest absolute Gasteiger partial charge is 0.328 e. The number of benzene rings is 1. The molecule has 5 nitrogen and oxygen atoms in total. The highest BCUT2D eigenvalue weighted by Gasteiger charge is 2.08. The first-order chi connectivity index (χ1) is 10.4. The van der Waals surface area contributed by atoms with Gasteiger partial charge in [-0.1, -0.05) is 35.9 Å². The lowest BCUT2D eigenvalue weighted by molar-refractivity contribution is -0.134. The molecule has 0 saturated carbocycles. The molecule has 1 aliphatic rings. The predicted octanol–water partition coefficient (Wildman–Crippen LogP) is 2.43. The SMILES string of the molecule is Cc1ccc(C2=CCN(C)CC2)cc1.O=C(O)C=CC(=O)O. The summed E-state index contributed by atoms with van der Waals surface area (Å²) < 4.78 is 0. The Morgan fingerprint density at radius 1 is 1.09 bits per heavy atom. The normalized spacial score (nSPS) is 14.9. The maximum atomic E-state index is 9.55. The van der Waals surface area contributed by atoms with Crippen molar-refractivity contribution in [1.82, 2.24) is 4.90 Å². The molecule has 22 heavy (non-hydrogen) atoms. The Bertz CT molecular complexity index is 557. The van der Waals surface area contributed by atoms with Gasteiger partial charge in [0.2, 0.25) is 0 Å². The van der Waals surface area contributed by atoms with Gasteiger partial charge in [0.25, 0.3) is 0 Å². The maximum absolute atomic E-state index is 9.55. The number of carboxylic acids is 2. The molecule has 0 bridgehead atoms. The largest absolute Gasteiger partial charge is 0.478 e. The number of likely N-dealkylation sites (N-methyl/N-ethyl adjacent to an activating group) is 1. The quantitative estimate of drug-likeness (QED) is 0.839. The fraction of sp³-hybridized carbons (Fsp3) is 0.294. The third-order valence-corrected chi connectivity index (χ3v) is 3.20. The molecule has 1 aromatic rings. The van der Waals surface area contributed by atoms with Crippen molar-refractivity contribution in [1.29, 1.82) is 0 Å². The first-order valence-electron chi connectivity index (χ1n) is 6.97. The van der Waals surface area contributed by atoms with E-state index in [2.05, 4.69) is 49.2 Å². The fourth-order valence-electron chi connectivity index (χ4n) is 1.94. The van der Waals surface area contributed by atoms with Crippen LogP contribution in [0.4, 0.5) is 0 Å². The van der Waals surface area contributed by atoms with E-state index in [1.54, 1.807) is 0 Å². The molecule has 0 fully saturated rings. The zero-order valence-electron chi connectivity index (χ0n) is 12.8. The van der Waals surface area contributed by atoms with Gasteiger partial charge < -0.3 is 15.1 Å². The third kappa shape index (κ3) is 6.85. The Kier molecular flexibility index (Phi) is 7.05. The summed E-state index contributed by atoms with van der Waals surface area (Å²) in [4.78, 5) is 21.5. The molecule has 1 aliphatic heterocycles. The summed E-state index contributed by atoms with van der Waals surface area (Å²) in [6, 6.07) is 8.84. The van der Waals surface area contributed by atoms with Crippen LogP contribution < -0.4 is 0 Å². The van der Waals surface area contributed by atoms with Gasteiger partial charge in [-0.25, -0.2) is 9.59 Å². The molecule has 0 atom stereocenters. The molecule has 5 heteroatoms. The van der Waals surface area contributed by atoms with E-state index in [-0.39, 0.29) is 0 Å². The number of hydrogen-bond acceptors (Lipinski definition) is 3. The molecular formula is C17H21NO4. The van der Waals surface area contributed by atoms with Crippen LogP contribution in [0, 0.1) is 6.92 Å². The summed E-state index contributed by atoms with van der Waals surface area (Å²) >= 11 is 0. The number of nitrogens with zero attached hydrogens (tertiary/aromatic N) is 1. The molecule has 1 aromatic carbocycles. The Balaban J connectivity index is 0.000000261. The van der Waals surface area contributed by atoms with Gasteiger partial charge in [-0.2, -0.15) is 0 Å². The Morgan fingerprint density at radius 3 is 2.05 bits per heavy atom. The molecule has 118 valence electrons. The molecule has 0 unspecified atom stereocenters. The van der Waals surface area contributed by atoms with E-state index in [0.29, 0.717) is 12.2 Å². The minimum absolute atomic E-state index is 0.558. The van der Waals surface area contributed by atoms with Gasteiger partial charge in [0.15, 0.2) is 0 Å². The van der Waals surface area contributed by atoms with E-state index in [9.17, 15) is 9.59 Å². The highest BCUT2D eigenvalue weighted by Crippen LogP contribution is 2.21. The minimum Gasteiger partial charge on any atom is -0.478 e. The lowest BCUT2D eigenvalue weighted by Gasteiger charge is -2.22. The van der Waals surface area contributed by atoms with Crippen LogP contribution in [-0.2, 0) is 9.59 Å². The summed E-state index contributed by atoms with van der Waals surface area (Å²) in [6.45, 7) is 4.40. The van der Waals surface area contributed by atoms with Crippen molar-refractivity contribution in [2.45, 2.75) is 13.3 Å². The van der Waals surface area contributed by atoms with Crippen molar-refractivity contribution in [2.24, 2.45) is 0 Å². The van der Waals surface area contributed by atoms with Gasteiger partial charge in [-0.3, -0.25) is 0 Å². The Morgan fingerprint density at radius 2 is 1.64 bits per heavy atom. The molecule has 1 heterocycles. The summed E-state index contributed by atoms with van der Waals surface area (Å²) in [6.07, 6.45) is 4.64. The van der Waals surface area contributed by atoms with Crippen LogP contribution in [0.1, 0.15) is 17.5 Å². The number of carbonyl (C=O) groups is 2. The number of carboxylic acid groups (broad SMARTS) is 2. The van der Waals surface area contributed by atoms with Crippen LogP contribution in [0.25, 0.3) is 5.57 Å². The average Bonchev–Trinajstić information content (AvgIpc) is 2.48. The van der Waals surface area contributed by atoms with Crippen LogP contribution in [0.15, 0.2) is 42.5 Å². The van der Waals surface area contributed by atoms with Crippen LogP contribution in [0.3, 0.4) is 0 Å². The van der Waals surface area contributed by atoms with Gasteiger partial charge in [0.05, 0.1) is 0 Å². The second-order valence-electron chi connectivity index (χ2n) is 5.12. The fourth-order valence-corrected chi connectivity index (χ4v) is 1.94. The second kappa shape index (κ2) is 8.79. The van der Waals surface area contributed by atoms with Crippen molar-refractivity contribution >= 4 is 17.5 Å². The van der Waals surface area contributed by atoms with Crippen molar-refractivity contribution in [3.05, 3.63) is 53.6 Å².